The standard InChI is InChI=1S/C26H25ClF2N2O5S/c1-26(2,3)36-25(33)16-6-4-15(5-7-16)24(37(34,35)18-10-8-17(27)9-11-18)31-21-13-12-20(28)19(23(21)29)14-22(30)32/h4-13,24,31H,14H2,1-3H3,(H2,30,32). The number of esters is 1. The molecule has 1 unspecified atom stereocenters. The van der Waals surface area contributed by atoms with Gasteiger partial charge in [0.2, 0.25) is 15.7 Å². The number of benzene rings is 3. The van der Waals surface area contributed by atoms with Gasteiger partial charge >= 0.3 is 5.97 Å². The first-order valence-electron chi connectivity index (χ1n) is 11.0. The van der Waals surface area contributed by atoms with E-state index >= 15 is 4.39 Å². The molecule has 0 spiro atoms. The minimum Gasteiger partial charge on any atom is -0.456 e. The van der Waals surface area contributed by atoms with Crippen LogP contribution in [0.4, 0.5) is 14.5 Å². The molecule has 0 bridgehead atoms. The van der Waals surface area contributed by atoms with Crippen LogP contribution < -0.4 is 11.1 Å². The van der Waals surface area contributed by atoms with Crippen molar-refractivity contribution in [2.45, 2.75) is 43.1 Å². The maximum atomic E-state index is 15.2. The molecule has 1 atom stereocenters. The van der Waals surface area contributed by atoms with Gasteiger partial charge in [-0.25, -0.2) is 22.0 Å². The number of anilines is 1. The molecule has 0 aromatic heterocycles. The number of primary amides is 1. The summed E-state index contributed by atoms with van der Waals surface area (Å²) in [6, 6.07) is 12.8. The lowest BCUT2D eigenvalue weighted by Gasteiger charge is -2.23. The first-order valence-corrected chi connectivity index (χ1v) is 13.0. The van der Waals surface area contributed by atoms with Gasteiger partial charge in [-0.2, -0.15) is 0 Å². The van der Waals surface area contributed by atoms with Crippen LogP contribution in [-0.2, 0) is 25.8 Å². The van der Waals surface area contributed by atoms with E-state index in [9.17, 15) is 22.4 Å². The summed E-state index contributed by atoms with van der Waals surface area (Å²) >= 11 is 5.90. The highest BCUT2D eigenvalue weighted by molar-refractivity contribution is 7.91. The van der Waals surface area contributed by atoms with Crippen molar-refractivity contribution in [2.24, 2.45) is 5.73 Å². The van der Waals surface area contributed by atoms with E-state index in [1.165, 1.54) is 48.5 Å². The van der Waals surface area contributed by atoms with E-state index in [1.54, 1.807) is 20.8 Å². The first-order chi connectivity index (χ1) is 17.2. The average molecular weight is 551 g/mol. The summed E-state index contributed by atoms with van der Waals surface area (Å²) in [6.45, 7) is 5.13. The number of ether oxygens (including phenoxy) is 1. The fourth-order valence-corrected chi connectivity index (χ4v) is 5.13. The highest BCUT2D eigenvalue weighted by atomic mass is 35.5. The van der Waals surface area contributed by atoms with E-state index in [-0.39, 0.29) is 21.7 Å². The van der Waals surface area contributed by atoms with Gasteiger partial charge in [-0.15, -0.1) is 0 Å². The Hall–Kier alpha value is -3.50. The van der Waals surface area contributed by atoms with Crippen LogP contribution in [0.25, 0.3) is 0 Å². The molecule has 3 aromatic carbocycles. The van der Waals surface area contributed by atoms with E-state index < -0.39 is 56.3 Å². The van der Waals surface area contributed by atoms with Gasteiger partial charge in [-0.1, -0.05) is 23.7 Å². The predicted octanol–water partition coefficient (Wildman–Crippen LogP) is 5.19. The fraction of sp³-hybridized carbons (Fsp3) is 0.231. The van der Waals surface area contributed by atoms with Gasteiger partial charge in [0.15, 0.2) is 11.2 Å². The van der Waals surface area contributed by atoms with Crippen molar-refractivity contribution in [1.29, 1.82) is 0 Å². The number of hydrogen-bond acceptors (Lipinski definition) is 6. The third-order valence-electron chi connectivity index (χ3n) is 5.12. The van der Waals surface area contributed by atoms with Crippen molar-refractivity contribution >= 4 is 39.0 Å². The number of halogens is 3. The Morgan fingerprint density at radius 3 is 2.14 bits per heavy atom. The molecule has 0 aliphatic heterocycles. The lowest BCUT2D eigenvalue weighted by atomic mass is 10.1. The molecule has 0 saturated heterocycles. The van der Waals surface area contributed by atoms with Crippen LogP contribution in [0.5, 0.6) is 0 Å². The first kappa shape index (κ1) is 28.1. The topological polar surface area (TPSA) is 116 Å². The second kappa shape index (κ2) is 10.9. The molecule has 1 amide bonds. The number of nitrogens with one attached hydrogen (secondary N) is 1. The van der Waals surface area contributed by atoms with Gasteiger partial charge in [0, 0.05) is 10.6 Å². The molecular weight excluding hydrogens is 526 g/mol. The molecule has 3 N–H and O–H groups in total. The summed E-state index contributed by atoms with van der Waals surface area (Å²) in [4.78, 5) is 23.6. The summed E-state index contributed by atoms with van der Waals surface area (Å²) in [5, 5.41) is 1.36. The number of carbonyl (C=O) groups excluding carboxylic acids is 2. The second-order valence-electron chi connectivity index (χ2n) is 9.18. The third-order valence-corrected chi connectivity index (χ3v) is 7.32. The molecule has 11 heteroatoms. The molecule has 0 aliphatic carbocycles. The second-order valence-corrected chi connectivity index (χ2v) is 11.6. The zero-order valence-corrected chi connectivity index (χ0v) is 21.8. The molecule has 7 nitrogen and oxygen atoms in total. The van der Waals surface area contributed by atoms with Crippen LogP contribution in [0.15, 0.2) is 65.6 Å². The molecule has 3 aromatic rings. The maximum absolute atomic E-state index is 15.2. The molecule has 0 heterocycles. The van der Waals surface area contributed by atoms with Crippen LogP contribution in [0.2, 0.25) is 5.02 Å². The molecule has 0 fully saturated rings. The van der Waals surface area contributed by atoms with E-state index in [2.05, 4.69) is 5.32 Å². The van der Waals surface area contributed by atoms with Crippen molar-refractivity contribution < 1.29 is 31.5 Å². The van der Waals surface area contributed by atoms with E-state index in [1.807, 2.05) is 0 Å². The Kier molecular flexibility index (Phi) is 8.24. The largest absolute Gasteiger partial charge is 0.456 e. The molecule has 37 heavy (non-hydrogen) atoms. The highest BCUT2D eigenvalue weighted by Crippen LogP contribution is 2.33. The Balaban J connectivity index is 2.08. The smallest absolute Gasteiger partial charge is 0.338 e. The van der Waals surface area contributed by atoms with Crippen LogP contribution in [-0.4, -0.2) is 25.9 Å². The third kappa shape index (κ3) is 6.84. The molecule has 0 saturated carbocycles. The van der Waals surface area contributed by atoms with Crippen molar-refractivity contribution in [1.82, 2.24) is 0 Å². The van der Waals surface area contributed by atoms with Crippen molar-refractivity contribution in [2.75, 3.05) is 5.32 Å². The lowest BCUT2D eigenvalue weighted by Crippen LogP contribution is -2.24. The zero-order chi connectivity index (χ0) is 27.5. The van der Waals surface area contributed by atoms with E-state index in [0.29, 0.717) is 5.02 Å². The van der Waals surface area contributed by atoms with Gasteiger partial charge in [0.1, 0.15) is 11.4 Å². The van der Waals surface area contributed by atoms with E-state index in [0.717, 1.165) is 12.1 Å². The molecule has 3 rings (SSSR count). The monoisotopic (exact) mass is 550 g/mol. The van der Waals surface area contributed by atoms with Crippen molar-refractivity contribution in [3.8, 4) is 0 Å². The number of sulfone groups is 1. The molecular formula is C26H25ClF2N2O5S. The van der Waals surface area contributed by atoms with Crippen LogP contribution >= 0.6 is 11.6 Å². The SMILES string of the molecule is CC(C)(C)OC(=O)c1ccc(C(Nc2ccc(F)c(CC(N)=O)c2F)S(=O)(=O)c2ccc(Cl)cc2)cc1. The lowest BCUT2D eigenvalue weighted by molar-refractivity contribution is -0.117. The van der Waals surface area contributed by atoms with Crippen LogP contribution in [0, 0.1) is 11.6 Å². The Labute approximate surface area is 218 Å². The highest BCUT2D eigenvalue weighted by Gasteiger charge is 2.31. The minimum atomic E-state index is -4.23. The Bertz CT molecular complexity index is 1420. The Morgan fingerprint density at radius 2 is 1.59 bits per heavy atom. The number of rotatable bonds is 8. The number of nitrogens with two attached hydrogens (primary N) is 1. The summed E-state index contributed by atoms with van der Waals surface area (Å²) in [5.74, 6) is -3.72. The summed E-state index contributed by atoms with van der Waals surface area (Å²) in [6.07, 6.45) is -0.716. The zero-order valence-electron chi connectivity index (χ0n) is 20.2. The van der Waals surface area contributed by atoms with Gasteiger partial charge in [-0.05, 0) is 74.9 Å². The predicted molar refractivity (Wildman–Crippen MR) is 136 cm³/mol. The summed E-state index contributed by atoms with van der Waals surface area (Å²) in [7, 11) is -4.23. The van der Waals surface area contributed by atoms with Gasteiger partial charge in [0.25, 0.3) is 0 Å². The van der Waals surface area contributed by atoms with E-state index in [4.69, 9.17) is 22.1 Å². The number of carbonyl (C=O) groups is 2. The van der Waals surface area contributed by atoms with Gasteiger partial charge in [0.05, 0.1) is 22.6 Å². The van der Waals surface area contributed by atoms with Gasteiger partial charge < -0.3 is 15.8 Å². The molecule has 196 valence electrons. The number of hydrogen-bond donors (Lipinski definition) is 2. The normalized spacial score (nSPS) is 12.6. The number of amides is 1. The fourth-order valence-electron chi connectivity index (χ4n) is 3.42. The minimum absolute atomic E-state index is 0.120. The van der Waals surface area contributed by atoms with Crippen LogP contribution in [0.1, 0.15) is 47.6 Å². The maximum Gasteiger partial charge on any atom is 0.338 e. The molecule has 0 aliphatic rings. The van der Waals surface area contributed by atoms with Crippen LogP contribution in [0.3, 0.4) is 0 Å². The van der Waals surface area contributed by atoms with Gasteiger partial charge in [-0.3, -0.25) is 4.79 Å². The summed E-state index contributed by atoms with van der Waals surface area (Å²) in [5.41, 5.74) is 3.74. The summed E-state index contributed by atoms with van der Waals surface area (Å²) < 4.78 is 61.9. The average Bonchev–Trinajstić information content (AvgIpc) is 2.80. The molecule has 0 radical (unpaired) electrons. The van der Waals surface area contributed by atoms with Crippen molar-refractivity contribution in [3.05, 3.63) is 94.0 Å². The quantitative estimate of drug-likeness (QED) is 0.373. The Morgan fingerprint density at radius 1 is 1.00 bits per heavy atom. The van der Waals surface area contributed by atoms with Crippen molar-refractivity contribution in [3.63, 3.8) is 0 Å².